The highest BCUT2D eigenvalue weighted by Gasteiger charge is 2.02. The molecule has 0 aliphatic carbocycles. The van der Waals surface area contributed by atoms with Crippen LogP contribution in [0, 0.1) is 0 Å². The molecule has 19 heavy (non-hydrogen) atoms. The lowest BCUT2D eigenvalue weighted by Crippen LogP contribution is -2.25. The van der Waals surface area contributed by atoms with E-state index in [9.17, 15) is 0 Å². The molecule has 1 aromatic heterocycles. The molecule has 0 amide bonds. The third kappa shape index (κ3) is 4.22. The minimum absolute atomic E-state index is 0.192. The fraction of sp³-hybridized carbons (Fsp3) is 0.286. The summed E-state index contributed by atoms with van der Waals surface area (Å²) in [7, 11) is 0. The van der Waals surface area contributed by atoms with E-state index in [4.69, 9.17) is 5.73 Å². The van der Waals surface area contributed by atoms with Gasteiger partial charge in [0.2, 0.25) is 0 Å². The molecule has 2 rings (SSSR count). The number of nitrogens with two attached hydrogens (primary N) is 1. The molecule has 0 aliphatic heterocycles. The molecule has 1 aromatic carbocycles. The van der Waals surface area contributed by atoms with E-state index in [2.05, 4.69) is 32.7 Å². The number of anilines is 2. The smallest absolute Gasteiger partial charge is 0.131 e. The second kappa shape index (κ2) is 6.70. The molecule has 5 heteroatoms. The Kier molecular flexibility index (Phi) is 4.69. The summed E-state index contributed by atoms with van der Waals surface area (Å²) >= 11 is 0. The monoisotopic (exact) mass is 257 g/mol. The van der Waals surface area contributed by atoms with Gasteiger partial charge >= 0.3 is 0 Å². The van der Waals surface area contributed by atoms with E-state index in [1.807, 2.05) is 31.2 Å². The molecule has 1 heterocycles. The lowest BCUT2D eigenvalue weighted by atomic mass is 10.2. The average molecular weight is 257 g/mol. The molecule has 0 aliphatic rings. The second-order valence-corrected chi connectivity index (χ2v) is 4.41. The number of rotatable bonds is 6. The highest BCUT2D eigenvalue weighted by Crippen LogP contribution is 2.11. The van der Waals surface area contributed by atoms with Gasteiger partial charge in [-0.15, -0.1) is 0 Å². The van der Waals surface area contributed by atoms with Gasteiger partial charge in [-0.05, 0) is 12.5 Å². The lowest BCUT2D eigenvalue weighted by molar-refractivity contribution is 0.797. The molecule has 0 spiro atoms. The van der Waals surface area contributed by atoms with Crippen molar-refractivity contribution in [3.63, 3.8) is 0 Å². The predicted octanol–water partition coefficient (Wildman–Crippen LogP) is 1.85. The van der Waals surface area contributed by atoms with Crippen molar-refractivity contribution in [2.45, 2.75) is 19.5 Å². The molecule has 0 radical (unpaired) electrons. The summed E-state index contributed by atoms with van der Waals surface area (Å²) in [4.78, 5) is 8.36. The maximum absolute atomic E-state index is 5.57. The number of hydrogen-bond donors (Lipinski definition) is 3. The van der Waals surface area contributed by atoms with Crippen molar-refractivity contribution in [2.24, 2.45) is 5.73 Å². The number of nitrogens with one attached hydrogen (secondary N) is 2. The largest absolute Gasteiger partial charge is 0.366 e. The summed E-state index contributed by atoms with van der Waals surface area (Å²) in [5.41, 5.74) is 6.78. The van der Waals surface area contributed by atoms with Crippen LogP contribution >= 0.6 is 0 Å². The maximum Gasteiger partial charge on any atom is 0.131 e. The molecule has 0 saturated carbocycles. The fourth-order valence-corrected chi connectivity index (χ4v) is 1.63. The van der Waals surface area contributed by atoms with Crippen LogP contribution in [0.15, 0.2) is 42.7 Å². The Bertz CT molecular complexity index is 500. The van der Waals surface area contributed by atoms with E-state index in [1.54, 1.807) is 6.33 Å². The Morgan fingerprint density at radius 2 is 1.89 bits per heavy atom. The van der Waals surface area contributed by atoms with E-state index >= 15 is 0 Å². The van der Waals surface area contributed by atoms with Crippen LogP contribution in [0.3, 0.4) is 0 Å². The predicted molar refractivity (Wildman–Crippen MR) is 77.9 cm³/mol. The van der Waals surface area contributed by atoms with Gasteiger partial charge in [-0.1, -0.05) is 30.3 Å². The summed E-state index contributed by atoms with van der Waals surface area (Å²) in [6.45, 7) is 3.32. The van der Waals surface area contributed by atoms with Crippen molar-refractivity contribution in [3.05, 3.63) is 48.3 Å². The first-order valence-corrected chi connectivity index (χ1v) is 6.34. The van der Waals surface area contributed by atoms with Gasteiger partial charge in [0.15, 0.2) is 0 Å². The molecule has 1 unspecified atom stereocenters. The molecule has 5 nitrogen and oxygen atoms in total. The van der Waals surface area contributed by atoms with Crippen molar-refractivity contribution >= 4 is 11.6 Å². The summed E-state index contributed by atoms with van der Waals surface area (Å²) < 4.78 is 0. The Morgan fingerprint density at radius 1 is 1.16 bits per heavy atom. The summed E-state index contributed by atoms with van der Waals surface area (Å²) in [5, 5.41) is 6.48. The van der Waals surface area contributed by atoms with E-state index in [-0.39, 0.29) is 6.04 Å². The van der Waals surface area contributed by atoms with Gasteiger partial charge in [-0.2, -0.15) is 0 Å². The summed E-state index contributed by atoms with van der Waals surface area (Å²) in [6.07, 6.45) is 1.54. The normalized spacial score (nSPS) is 11.9. The zero-order valence-electron chi connectivity index (χ0n) is 11.0. The third-order valence-corrected chi connectivity index (χ3v) is 2.73. The first-order chi connectivity index (χ1) is 9.28. The SMILES string of the molecule is CC(CN)Nc1cc(NCc2ccccc2)ncn1. The standard InChI is InChI=1S/C14H19N5/c1-11(8-15)19-14-7-13(17-10-18-14)16-9-12-5-3-2-4-6-12/h2-7,10-11H,8-9,15H2,1H3,(H2,16,17,18,19). The molecular formula is C14H19N5. The molecule has 0 fully saturated rings. The van der Waals surface area contributed by atoms with Crippen LogP contribution < -0.4 is 16.4 Å². The molecular weight excluding hydrogens is 238 g/mol. The topological polar surface area (TPSA) is 75.9 Å². The number of hydrogen-bond acceptors (Lipinski definition) is 5. The molecule has 100 valence electrons. The molecule has 0 bridgehead atoms. The number of aromatic nitrogens is 2. The summed E-state index contributed by atoms with van der Waals surface area (Å²) in [6, 6.07) is 12.3. The van der Waals surface area contributed by atoms with Crippen molar-refractivity contribution in [1.82, 2.24) is 9.97 Å². The van der Waals surface area contributed by atoms with Crippen LogP contribution in [-0.2, 0) is 6.54 Å². The quantitative estimate of drug-likeness (QED) is 0.736. The van der Waals surface area contributed by atoms with Crippen LogP contribution in [0.2, 0.25) is 0 Å². The van der Waals surface area contributed by atoms with Crippen molar-refractivity contribution in [2.75, 3.05) is 17.2 Å². The molecule has 2 aromatic rings. The Hall–Kier alpha value is -2.14. The lowest BCUT2D eigenvalue weighted by Gasteiger charge is -2.12. The highest BCUT2D eigenvalue weighted by molar-refractivity contribution is 5.47. The van der Waals surface area contributed by atoms with Gasteiger partial charge in [-0.25, -0.2) is 9.97 Å². The van der Waals surface area contributed by atoms with Gasteiger partial charge in [0.25, 0.3) is 0 Å². The maximum atomic E-state index is 5.57. The van der Waals surface area contributed by atoms with E-state index < -0.39 is 0 Å². The first-order valence-electron chi connectivity index (χ1n) is 6.34. The summed E-state index contributed by atoms with van der Waals surface area (Å²) in [5.74, 6) is 1.58. The average Bonchev–Trinajstić information content (AvgIpc) is 2.46. The third-order valence-electron chi connectivity index (χ3n) is 2.73. The van der Waals surface area contributed by atoms with Crippen molar-refractivity contribution < 1.29 is 0 Å². The minimum Gasteiger partial charge on any atom is -0.366 e. The van der Waals surface area contributed by atoms with Gasteiger partial charge in [-0.3, -0.25) is 0 Å². The van der Waals surface area contributed by atoms with E-state index in [0.29, 0.717) is 6.54 Å². The van der Waals surface area contributed by atoms with Crippen LogP contribution in [0.1, 0.15) is 12.5 Å². The zero-order valence-corrected chi connectivity index (χ0v) is 11.0. The van der Waals surface area contributed by atoms with Gasteiger partial charge in [0.05, 0.1) is 0 Å². The molecule has 4 N–H and O–H groups in total. The molecule has 1 atom stereocenters. The molecule has 0 saturated heterocycles. The number of benzene rings is 1. The Balaban J connectivity index is 1.95. The minimum atomic E-state index is 0.192. The van der Waals surface area contributed by atoms with Crippen LogP contribution in [0.4, 0.5) is 11.6 Å². The van der Waals surface area contributed by atoms with E-state index in [1.165, 1.54) is 5.56 Å². The van der Waals surface area contributed by atoms with Crippen molar-refractivity contribution in [1.29, 1.82) is 0 Å². The van der Waals surface area contributed by atoms with Gasteiger partial charge < -0.3 is 16.4 Å². The fourth-order valence-electron chi connectivity index (χ4n) is 1.63. The first kappa shape index (κ1) is 13.3. The zero-order chi connectivity index (χ0) is 13.5. The Morgan fingerprint density at radius 3 is 2.63 bits per heavy atom. The van der Waals surface area contributed by atoms with Gasteiger partial charge in [0, 0.05) is 25.2 Å². The second-order valence-electron chi connectivity index (χ2n) is 4.41. The highest BCUT2D eigenvalue weighted by atomic mass is 15.1. The van der Waals surface area contributed by atoms with Crippen molar-refractivity contribution in [3.8, 4) is 0 Å². The van der Waals surface area contributed by atoms with Crippen LogP contribution in [-0.4, -0.2) is 22.6 Å². The van der Waals surface area contributed by atoms with E-state index in [0.717, 1.165) is 18.2 Å². The van der Waals surface area contributed by atoms with Crippen LogP contribution in [0.5, 0.6) is 0 Å². The number of nitrogens with zero attached hydrogens (tertiary/aromatic N) is 2. The van der Waals surface area contributed by atoms with Gasteiger partial charge in [0.1, 0.15) is 18.0 Å². The van der Waals surface area contributed by atoms with Crippen LogP contribution in [0.25, 0.3) is 0 Å². The Labute approximate surface area is 113 Å².